The fourth-order valence-corrected chi connectivity index (χ4v) is 5.03. The van der Waals surface area contributed by atoms with Crippen LogP contribution in [0.2, 0.25) is 0 Å². The van der Waals surface area contributed by atoms with Crippen molar-refractivity contribution < 1.29 is 4.79 Å². The smallest absolute Gasteiger partial charge is 0.317 e. The van der Waals surface area contributed by atoms with Gasteiger partial charge in [-0.2, -0.15) is 5.10 Å². The van der Waals surface area contributed by atoms with Crippen LogP contribution in [0.4, 0.5) is 4.79 Å². The molecule has 2 aliphatic carbocycles. The summed E-state index contributed by atoms with van der Waals surface area (Å²) in [5, 5.41) is 10.1. The first kappa shape index (κ1) is 15.0. The van der Waals surface area contributed by atoms with Gasteiger partial charge in [-0.05, 0) is 54.6 Å². The molecule has 5 nitrogen and oxygen atoms in total. The van der Waals surface area contributed by atoms with Crippen LogP contribution in [0.1, 0.15) is 47.9 Å². The molecule has 3 aliphatic rings. The minimum absolute atomic E-state index is 0.0872. The Hall–Kier alpha value is -2.30. The average Bonchev–Trinajstić information content (AvgIpc) is 3.04. The molecule has 1 aromatic heterocycles. The van der Waals surface area contributed by atoms with Gasteiger partial charge in [0.25, 0.3) is 0 Å². The zero-order chi connectivity index (χ0) is 16.8. The number of nitrogens with zero attached hydrogens (tertiary/aromatic N) is 2. The molecule has 0 bridgehead atoms. The van der Waals surface area contributed by atoms with Crippen LogP contribution in [-0.2, 0) is 6.42 Å². The van der Waals surface area contributed by atoms with Crippen LogP contribution in [0.15, 0.2) is 36.7 Å². The monoisotopic (exact) mass is 336 g/mol. The lowest BCUT2D eigenvalue weighted by Gasteiger charge is -2.35. The van der Waals surface area contributed by atoms with Crippen molar-refractivity contribution >= 4 is 6.03 Å². The van der Waals surface area contributed by atoms with Crippen LogP contribution in [0.25, 0.3) is 0 Å². The van der Waals surface area contributed by atoms with Crippen LogP contribution < -0.4 is 5.32 Å². The number of benzene rings is 1. The van der Waals surface area contributed by atoms with Gasteiger partial charge in [0.1, 0.15) is 0 Å². The van der Waals surface area contributed by atoms with Crippen molar-refractivity contribution in [2.45, 2.75) is 37.6 Å². The molecule has 4 atom stereocenters. The third kappa shape index (κ3) is 2.53. The molecule has 130 valence electrons. The quantitative estimate of drug-likeness (QED) is 0.904. The number of hydrogen-bond acceptors (Lipinski definition) is 2. The summed E-state index contributed by atoms with van der Waals surface area (Å²) in [6, 6.07) is 9.03. The Kier molecular flexibility index (Phi) is 3.54. The van der Waals surface area contributed by atoms with E-state index in [-0.39, 0.29) is 12.1 Å². The summed E-state index contributed by atoms with van der Waals surface area (Å²) in [4.78, 5) is 14.8. The van der Waals surface area contributed by atoms with E-state index in [9.17, 15) is 4.79 Å². The van der Waals surface area contributed by atoms with E-state index in [4.69, 9.17) is 0 Å². The number of piperidine rings is 1. The van der Waals surface area contributed by atoms with Crippen LogP contribution in [0.3, 0.4) is 0 Å². The molecule has 2 fully saturated rings. The molecular weight excluding hydrogens is 312 g/mol. The number of likely N-dealkylation sites (tertiary alicyclic amines) is 1. The molecule has 2 N–H and O–H groups in total. The third-order valence-corrected chi connectivity index (χ3v) is 6.36. The Labute approximate surface area is 147 Å². The van der Waals surface area contributed by atoms with Gasteiger partial charge in [0, 0.05) is 24.8 Å². The van der Waals surface area contributed by atoms with Gasteiger partial charge in [-0.3, -0.25) is 5.10 Å². The summed E-state index contributed by atoms with van der Waals surface area (Å²) >= 11 is 0. The van der Waals surface area contributed by atoms with Gasteiger partial charge in [0.2, 0.25) is 0 Å². The minimum Gasteiger partial charge on any atom is -0.338 e. The molecule has 1 aliphatic heterocycles. The van der Waals surface area contributed by atoms with Crippen molar-refractivity contribution in [2.24, 2.45) is 11.8 Å². The van der Waals surface area contributed by atoms with Crippen molar-refractivity contribution in [3.63, 3.8) is 0 Å². The number of aromatic nitrogens is 2. The highest BCUT2D eigenvalue weighted by molar-refractivity contribution is 5.75. The Bertz CT molecular complexity index is 772. The molecular formula is C20H24N4O. The number of hydrogen-bond donors (Lipinski definition) is 2. The first-order chi connectivity index (χ1) is 12.3. The Morgan fingerprint density at radius 2 is 2.24 bits per heavy atom. The first-order valence-electron chi connectivity index (χ1n) is 9.44. The molecule has 0 unspecified atom stereocenters. The van der Waals surface area contributed by atoms with Gasteiger partial charge in [-0.25, -0.2) is 4.79 Å². The van der Waals surface area contributed by atoms with Crippen LogP contribution in [0.5, 0.6) is 0 Å². The van der Waals surface area contributed by atoms with Crippen molar-refractivity contribution in [3.8, 4) is 0 Å². The molecule has 1 saturated heterocycles. The van der Waals surface area contributed by atoms with Gasteiger partial charge in [-0.1, -0.05) is 24.3 Å². The van der Waals surface area contributed by atoms with Gasteiger partial charge in [0.15, 0.2) is 0 Å². The van der Waals surface area contributed by atoms with Crippen molar-refractivity contribution in [2.75, 3.05) is 13.1 Å². The number of nitrogens with one attached hydrogen (secondary N) is 2. The lowest BCUT2D eigenvalue weighted by atomic mass is 9.98. The largest absolute Gasteiger partial charge is 0.338 e. The van der Waals surface area contributed by atoms with Crippen molar-refractivity contribution in [1.29, 1.82) is 0 Å². The van der Waals surface area contributed by atoms with Crippen LogP contribution >= 0.6 is 0 Å². The van der Waals surface area contributed by atoms with E-state index in [1.807, 2.05) is 17.3 Å². The second kappa shape index (κ2) is 5.90. The van der Waals surface area contributed by atoms with Crippen molar-refractivity contribution in [3.05, 3.63) is 53.3 Å². The van der Waals surface area contributed by atoms with E-state index < -0.39 is 0 Å². The molecule has 1 aromatic carbocycles. The highest BCUT2D eigenvalue weighted by Gasteiger charge is 2.55. The van der Waals surface area contributed by atoms with E-state index >= 15 is 0 Å². The van der Waals surface area contributed by atoms with E-state index in [2.05, 4.69) is 39.8 Å². The first-order valence-corrected chi connectivity index (χ1v) is 9.44. The van der Waals surface area contributed by atoms with Gasteiger partial charge in [0.05, 0.1) is 12.2 Å². The fraction of sp³-hybridized carbons (Fsp3) is 0.500. The Balaban J connectivity index is 1.22. The average molecular weight is 336 g/mol. The topological polar surface area (TPSA) is 61.0 Å². The number of urea groups is 1. The molecule has 2 amide bonds. The predicted octanol–water partition coefficient (Wildman–Crippen LogP) is 3.23. The summed E-state index contributed by atoms with van der Waals surface area (Å²) in [6.07, 6.45) is 8.22. The maximum absolute atomic E-state index is 12.8. The standard InChI is InChI=1S/C20H24N4O/c25-20(24-8-4-3-7-18(24)14-10-22-23-11-14)21-12-17-16-9-13-5-1-2-6-15(13)19(16)17/h1-2,5-6,10-11,16-19H,3-4,7-9,12H2,(H,21,25)(H,22,23)/t16-,17+,18-,19-/m0/s1. The molecule has 25 heavy (non-hydrogen) atoms. The van der Waals surface area contributed by atoms with E-state index in [1.54, 1.807) is 0 Å². The summed E-state index contributed by atoms with van der Waals surface area (Å²) < 4.78 is 0. The minimum atomic E-state index is 0.0872. The highest BCUT2D eigenvalue weighted by Crippen LogP contribution is 2.60. The zero-order valence-corrected chi connectivity index (χ0v) is 14.3. The number of H-pyrrole nitrogens is 1. The summed E-state index contributed by atoms with van der Waals surface area (Å²) in [7, 11) is 0. The maximum atomic E-state index is 12.8. The van der Waals surface area contributed by atoms with E-state index in [1.165, 1.54) is 24.0 Å². The highest BCUT2D eigenvalue weighted by atomic mass is 16.2. The number of fused-ring (bicyclic) bond motifs is 3. The van der Waals surface area contributed by atoms with Gasteiger partial charge >= 0.3 is 6.03 Å². The number of carbonyl (C=O) groups excluding carboxylic acids is 1. The molecule has 5 heteroatoms. The lowest BCUT2D eigenvalue weighted by molar-refractivity contribution is 0.151. The SMILES string of the molecule is O=C(NC[C@@H]1[C@@H]2Cc3ccccc3[C@H]12)N1CCCC[C@H]1c1cn[nH]c1. The number of aromatic amines is 1. The maximum Gasteiger partial charge on any atom is 0.317 e. The summed E-state index contributed by atoms with van der Waals surface area (Å²) in [6.45, 7) is 1.64. The summed E-state index contributed by atoms with van der Waals surface area (Å²) in [5.41, 5.74) is 4.14. The third-order valence-electron chi connectivity index (χ3n) is 6.36. The van der Waals surface area contributed by atoms with E-state index in [0.717, 1.165) is 37.4 Å². The fourth-order valence-electron chi connectivity index (χ4n) is 5.03. The number of rotatable bonds is 3. The number of amides is 2. The molecule has 5 rings (SSSR count). The normalized spacial score (nSPS) is 29.8. The van der Waals surface area contributed by atoms with Gasteiger partial charge in [-0.15, -0.1) is 0 Å². The molecule has 1 saturated carbocycles. The Morgan fingerprint density at radius 3 is 3.12 bits per heavy atom. The molecule has 0 spiro atoms. The Morgan fingerprint density at radius 1 is 1.32 bits per heavy atom. The van der Waals surface area contributed by atoms with E-state index in [0.29, 0.717) is 11.8 Å². The predicted molar refractivity (Wildman–Crippen MR) is 95.2 cm³/mol. The van der Waals surface area contributed by atoms with Crippen molar-refractivity contribution in [1.82, 2.24) is 20.4 Å². The molecule has 0 radical (unpaired) electrons. The molecule has 2 heterocycles. The zero-order valence-electron chi connectivity index (χ0n) is 14.3. The second-order valence-corrected chi connectivity index (χ2v) is 7.68. The second-order valence-electron chi connectivity index (χ2n) is 7.68. The van der Waals surface area contributed by atoms with Crippen LogP contribution in [0, 0.1) is 11.8 Å². The molecule has 2 aromatic rings. The van der Waals surface area contributed by atoms with Gasteiger partial charge < -0.3 is 10.2 Å². The number of carbonyl (C=O) groups is 1. The lowest BCUT2D eigenvalue weighted by Crippen LogP contribution is -2.45. The summed E-state index contributed by atoms with van der Waals surface area (Å²) in [5.74, 6) is 2.03. The van der Waals surface area contributed by atoms with Crippen LogP contribution in [-0.4, -0.2) is 34.2 Å².